The summed E-state index contributed by atoms with van der Waals surface area (Å²) in [5.41, 5.74) is -0.408. The van der Waals surface area contributed by atoms with Crippen LogP contribution in [0.5, 0.6) is 0 Å². The van der Waals surface area contributed by atoms with E-state index in [9.17, 15) is 5.11 Å². The molecule has 13 heavy (non-hydrogen) atoms. The summed E-state index contributed by atoms with van der Waals surface area (Å²) < 4.78 is 0. The molecule has 0 aromatic heterocycles. The third-order valence-corrected chi connectivity index (χ3v) is 3.62. The van der Waals surface area contributed by atoms with E-state index in [-0.39, 0.29) is 17.9 Å². The highest BCUT2D eigenvalue weighted by atomic mass is 16.3. The van der Waals surface area contributed by atoms with Crippen molar-refractivity contribution in [3.63, 3.8) is 0 Å². The second-order valence-corrected chi connectivity index (χ2v) is 5.26. The monoisotopic (exact) mass is 186 g/mol. The maximum absolute atomic E-state index is 10.2. The molecule has 0 radical (unpaired) electrons. The van der Waals surface area contributed by atoms with Gasteiger partial charge in [-0.3, -0.25) is 0 Å². The molecule has 2 nitrogen and oxygen atoms in total. The molecular weight excluding hydrogens is 164 g/mol. The molecule has 0 aromatic carbocycles. The molecule has 0 spiro atoms. The van der Waals surface area contributed by atoms with Crippen LogP contribution in [0, 0.1) is 11.3 Å². The molecule has 0 amide bonds. The molecule has 0 aromatic rings. The first kappa shape index (κ1) is 11.0. The Morgan fingerprint density at radius 3 is 2.31 bits per heavy atom. The first-order chi connectivity index (χ1) is 5.90. The largest absolute Gasteiger partial charge is 0.396 e. The number of rotatable bonds is 2. The molecular formula is C11H22O2. The Morgan fingerprint density at radius 1 is 1.23 bits per heavy atom. The van der Waals surface area contributed by atoms with Gasteiger partial charge >= 0.3 is 0 Å². The second kappa shape index (κ2) is 3.58. The van der Waals surface area contributed by atoms with Crippen LogP contribution >= 0.6 is 0 Å². The topological polar surface area (TPSA) is 40.5 Å². The van der Waals surface area contributed by atoms with E-state index in [1.165, 1.54) is 0 Å². The van der Waals surface area contributed by atoms with Crippen LogP contribution in [0.1, 0.15) is 46.5 Å². The molecule has 1 fully saturated rings. The van der Waals surface area contributed by atoms with Gasteiger partial charge in [0, 0.05) is 6.61 Å². The maximum atomic E-state index is 10.2. The standard InChI is InChI=1S/C11H22O2/c1-10(2)6-4-7-11(3,13)9(10)5-8-12/h9,12-13H,4-8H2,1-3H3/t9-,11+/m1/s1. The summed E-state index contributed by atoms with van der Waals surface area (Å²) in [5.74, 6) is 0.235. The Hall–Kier alpha value is -0.0800. The van der Waals surface area contributed by atoms with Gasteiger partial charge in [-0.1, -0.05) is 20.3 Å². The first-order valence-corrected chi connectivity index (χ1v) is 5.23. The lowest BCUT2D eigenvalue weighted by Crippen LogP contribution is -2.47. The average Bonchev–Trinajstić information content (AvgIpc) is 1.96. The maximum Gasteiger partial charge on any atom is 0.0653 e. The summed E-state index contributed by atoms with van der Waals surface area (Å²) in [6, 6.07) is 0. The highest BCUT2D eigenvalue weighted by Crippen LogP contribution is 2.47. The minimum atomic E-state index is -0.579. The van der Waals surface area contributed by atoms with Gasteiger partial charge in [0.1, 0.15) is 0 Å². The van der Waals surface area contributed by atoms with Gasteiger partial charge in [0.25, 0.3) is 0 Å². The normalized spacial score (nSPS) is 39.0. The van der Waals surface area contributed by atoms with Gasteiger partial charge in [0.2, 0.25) is 0 Å². The lowest BCUT2D eigenvalue weighted by Gasteiger charge is -2.48. The van der Waals surface area contributed by atoms with Gasteiger partial charge in [-0.25, -0.2) is 0 Å². The summed E-state index contributed by atoms with van der Waals surface area (Å²) in [5, 5.41) is 19.2. The summed E-state index contributed by atoms with van der Waals surface area (Å²) in [7, 11) is 0. The second-order valence-electron chi connectivity index (χ2n) is 5.26. The van der Waals surface area contributed by atoms with Crippen molar-refractivity contribution < 1.29 is 10.2 Å². The van der Waals surface area contributed by atoms with Crippen LogP contribution in [0.2, 0.25) is 0 Å². The van der Waals surface area contributed by atoms with Gasteiger partial charge in [-0.15, -0.1) is 0 Å². The third kappa shape index (κ3) is 2.23. The number of hydrogen-bond donors (Lipinski definition) is 2. The molecule has 1 aliphatic carbocycles. The van der Waals surface area contributed by atoms with Crippen LogP contribution in [-0.4, -0.2) is 22.4 Å². The van der Waals surface area contributed by atoms with E-state index in [0.717, 1.165) is 25.7 Å². The molecule has 2 N–H and O–H groups in total. The molecule has 0 heterocycles. The fraction of sp³-hybridized carbons (Fsp3) is 1.00. The lowest BCUT2D eigenvalue weighted by molar-refractivity contribution is -0.0964. The van der Waals surface area contributed by atoms with E-state index >= 15 is 0 Å². The fourth-order valence-corrected chi connectivity index (χ4v) is 2.92. The molecule has 1 aliphatic rings. The number of hydrogen-bond acceptors (Lipinski definition) is 2. The van der Waals surface area contributed by atoms with Crippen molar-refractivity contribution in [2.45, 2.75) is 52.1 Å². The Labute approximate surface area is 81.0 Å². The smallest absolute Gasteiger partial charge is 0.0653 e. The van der Waals surface area contributed by atoms with Gasteiger partial charge in [-0.05, 0) is 37.5 Å². The van der Waals surface area contributed by atoms with Crippen LogP contribution in [-0.2, 0) is 0 Å². The minimum absolute atomic E-state index is 0.171. The number of aliphatic hydroxyl groups is 2. The van der Waals surface area contributed by atoms with Crippen molar-refractivity contribution in [2.75, 3.05) is 6.61 Å². The van der Waals surface area contributed by atoms with Crippen LogP contribution < -0.4 is 0 Å². The Bertz CT molecular complexity index is 157. The van der Waals surface area contributed by atoms with Crippen LogP contribution in [0.4, 0.5) is 0 Å². The lowest BCUT2D eigenvalue weighted by atomic mass is 9.61. The first-order valence-electron chi connectivity index (χ1n) is 5.23. The SMILES string of the molecule is CC1(C)CCC[C@](C)(O)[C@@H]1CCO. The third-order valence-electron chi connectivity index (χ3n) is 3.62. The van der Waals surface area contributed by atoms with Crippen molar-refractivity contribution in [1.82, 2.24) is 0 Å². The van der Waals surface area contributed by atoms with Gasteiger partial charge in [-0.2, -0.15) is 0 Å². The highest BCUT2D eigenvalue weighted by Gasteiger charge is 2.44. The van der Waals surface area contributed by atoms with Crippen LogP contribution in [0.15, 0.2) is 0 Å². The van der Waals surface area contributed by atoms with Crippen molar-refractivity contribution in [3.05, 3.63) is 0 Å². The quantitative estimate of drug-likeness (QED) is 0.692. The number of aliphatic hydroxyl groups excluding tert-OH is 1. The summed E-state index contributed by atoms with van der Waals surface area (Å²) in [6.07, 6.45) is 3.86. The van der Waals surface area contributed by atoms with Crippen molar-refractivity contribution in [1.29, 1.82) is 0 Å². The van der Waals surface area contributed by atoms with E-state index in [1.54, 1.807) is 0 Å². The molecule has 0 aliphatic heterocycles. The average molecular weight is 186 g/mol. The predicted molar refractivity (Wildman–Crippen MR) is 53.4 cm³/mol. The molecule has 0 bridgehead atoms. The Kier molecular flexibility index (Phi) is 3.03. The molecule has 78 valence electrons. The van der Waals surface area contributed by atoms with E-state index in [1.807, 2.05) is 6.92 Å². The zero-order valence-corrected chi connectivity index (χ0v) is 9.01. The van der Waals surface area contributed by atoms with E-state index in [4.69, 9.17) is 5.11 Å². The Morgan fingerprint density at radius 2 is 1.85 bits per heavy atom. The fourth-order valence-electron chi connectivity index (χ4n) is 2.92. The Balaban J connectivity index is 2.78. The van der Waals surface area contributed by atoms with Gasteiger partial charge in [0.05, 0.1) is 5.60 Å². The molecule has 0 unspecified atom stereocenters. The minimum Gasteiger partial charge on any atom is -0.396 e. The molecule has 2 atom stereocenters. The van der Waals surface area contributed by atoms with E-state index in [2.05, 4.69) is 13.8 Å². The zero-order valence-electron chi connectivity index (χ0n) is 9.01. The summed E-state index contributed by atoms with van der Waals surface area (Å²) >= 11 is 0. The van der Waals surface area contributed by atoms with Crippen LogP contribution in [0.3, 0.4) is 0 Å². The highest BCUT2D eigenvalue weighted by molar-refractivity contribution is 4.95. The van der Waals surface area contributed by atoms with E-state index in [0.29, 0.717) is 0 Å². The summed E-state index contributed by atoms with van der Waals surface area (Å²) in [6.45, 7) is 6.49. The molecule has 0 saturated heterocycles. The molecule has 1 saturated carbocycles. The predicted octanol–water partition coefficient (Wildman–Crippen LogP) is 1.95. The van der Waals surface area contributed by atoms with Crippen molar-refractivity contribution in [2.24, 2.45) is 11.3 Å². The van der Waals surface area contributed by atoms with Gasteiger partial charge in [0.15, 0.2) is 0 Å². The molecule has 1 rings (SSSR count). The van der Waals surface area contributed by atoms with E-state index < -0.39 is 5.60 Å². The molecule has 2 heteroatoms. The van der Waals surface area contributed by atoms with Crippen molar-refractivity contribution >= 4 is 0 Å². The zero-order chi connectivity index (χ0) is 10.1. The van der Waals surface area contributed by atoms with Crippen LogP contribution in [0.25, 0.3) is 0 Å². The van der Waals surface area contributed by atoms with Crippen molar-refractivity contribution in [3.8, 4) is 0 Å². The van der Waals surface area contributed by atoms with Gasteiger partial charge < -0.3 is 10.2 Å². The summed E-state index contributed by atoms with van der Waals surface area (Å²) in [4.78, 5) is 0.